The Hall–Kier alpha value is -3.21. The molecule has 2 aromatic rings. The largest absolute Gasteiger partial charge is 0.454 e. The zero-order valence-electron chi connectivity index (χ0n) is 29.3. The predicted molar refractivity (Wildman–Crippen MR) is 190 cm³/mol. The maximum atomic E-state index is 14.4. The number of nitrogens with one attached hydrogen (secondary N) is 3. The van der Waals surface area contributed by atoms with Gasteiger partial charge in [-0.2, -0.15) is 4.31 Å². The molecule has 5 rings (SSSR count). The van der Waals surface area contributed by atoms with Gasteiger partial charge in [-0.25, -0.2) is 13.2 Å². The molecule has 2 saturated heterocycles. The third-order valence-corrected chi connectivity index (χ3v) is 10.9. The highest BCUT2D eigenvalue weighted by molar-refractivity contribution is 7.89. The molecule has 0 aromatic heterocycles. The second-order valence-corrected chi connectivity index (χ2v) is 17.2. The van der Waals surface area contributed by atoms with Crippen LogP contribution in [0, 0.1) is 11.3 Å². The Balaban J connectivity index is 1.35. The van der Waals surface area contributed by atoms with Crippen LogP contribution in [0.25, 0.3) is 0 Å². The number of amides is 1. The number of fused-ring (bicyclic) bond motifs is 2. The van der Waals surface area contributed by atoms with Crippen molar-refractivity contribution in [2.45, 2.75) is 88.9 Å². The average Bonchev–Trinajstić information content (AvgIpc) is 3.78. The first kappa shape index (κ1) is 38.0. The van der Waals surface area contributed by atoms with Gasteiger partial charge in [0.2, 0.25) is 16.8 Å². The molecule has 2 fully saturated rings. The lowest BCUT2D eigenvalue weighted by Gasteiger charge is -2.35. The van der Waals surface area contributed by atoms with Gasteiger partial charge in [0.25, 0.3) is 0 Å². The Kier molecular flexibility index (Phi) is 12.2. The summed E-state index contributed by atoms with van der Waals surface area (Å²) in [7, 11) is -4.17. The molecule has 0 unspecified atom stereocenters. The normalized spacial score (nSPS) is 21.4. The molecule has 0 saturated carbocycles. The van der Waals surface area contributed by atoms with Crippen LogP contribution in [-0.4, -0.2) is 98.8 Å². The van der Waals surface area contributed by atoms with Gasteiger partial charge in [-0.3, -0.25) is 0 Å². The molecule has 0 spiro atoms. The number of ether oxygens (including phenoxy) is 5. The van der Waals surface area contributed by atoms with Crippen LogP contribution in [0.1, 0.15) is 53.0 Å². The third kappa shape index (κ3) is 10.2. The van der Waals surface area contributed by atoms with Gasteiger partial charge < -0.3 is 44.7 Å². The average molecular weight is 735 g/mol. The number of sulfonamides is 1. The standard InChI is InChI=1S/C35H50N4O9S2/c1-34(2,3)38-32(49)36-15-14-35(4,5)21-39(50(42,43)24-11-12-28-29(18-24)47-22-46-28)19-27(40)26(17-23-9-7-6-8-10-23)37-33(41)48-30-20-45-31-25(30)13-16-44-31/h6-12,18,25-27,30-31,40H,13-17,19-22H2,1-5H3,(H,37,41)(H2,36,38,49)/t25-,26-,27+,30-,31+/m0/s1. The van der Waals surface area contributed by atoms with E-state index in [9.17, 15) is 18.3 Å². The third-order valence-electron chi connectivity index (χ3n) is 8.86. The number of alkyl carbamates (subject to hydrolysis) is 1. The molecule has 1 amide bonds. The topological polar surface area (TPSA) is 157 Å². The van der Waals surface area contributed by atoms with Gasteiger partial charge in [-0.15, -0.1) is 0 Å². The number of thiocarbonyl (C=S) groups is 1. The van der Waals surface area contributed by atoms with Crippen LogP contribution < -0.4 is 25.4 Å². The van der Waals surface area contributed by atoms with E-state index in [1.165, 1.54) is 16.4 Å². The summed E-state index contributed by atoms with van der Waals surface area (Å²) in [6, 6.07) is 12.9. The van der Waals surface area contributed by atoms with Crippen molar-refractivity contribution in [3.05, 3.63) is 54.1 Å². The summed E-state index contributed by atoms with van der Waals surface area (Å²) < 4.78 is 57.8. The van der Waals surface area contributed by atoms with Crippen LogP contribution in [0.15, 0.2) is 53.4 Å². The molecule has 0 radical (unpaired) electrons. The molecule has 3 aliphatic heterocycles. The van der Waals surface area contributed by atoms with Crippen molar-refractivity contribution in [1.29, 1.82) is 0 Å². The summed E-state index contributed by atoms with van der Waals surface area (Å²) >= 11 is 5.44. The Morgan fingerprint density at radius 1 is 1.08 bits per heavy atom. The number of nitrogens with zero attached hydrogens (tertiary/aromatic N) is 1. The summed E-state index contributed by atoms with van der Waals surface area (Å²) in [6.45, 7) is 11.0. The SMILES string of the molecule is CC(C)(CCNC(=S)NC(C)(C)C)CN(C[C@@H](O)[C@H](Cc1ccccc1)NC(=O)O[C@H]1CO[C@H]2OCC[C@H]21)S(=O)(=O)c1ccc2c(c1)OCO2. The van der Waals surface area contributed by atoms with Gasteiger partial charge in [0.1, 0.15) is 6.10 Å². The van der Waals surface area contributed by atoms with E-state index in [-0.39, 0.29) is 49.3 Å². The molecule has 0 bridgehead atoms. The van der Waals surface area contributed by atoms with E-state index in [2.05, 4.69) is 16.0 Å². The molecule has 5 atom stereocenters. The van der Waals surface area contributed by atoms with Gasteiger partial charge in [0.15, 0.2) is 22.9 Å². The molecular weight excluding hydrogens is 685 g/mol. The maximum absolute atomic E-state index is 14.4. The molecule has 0 aliphatic carbocycles. The van der Waals surface area contributed by atoms with Crippen molar-refractivity contribution in [2.24, 2.45) is 11.3 Å². The minimum atomic E-state index is -4.17. The second-order valence-electron chi connectivity index (χ2n) is 14.8. The van der Waals surface area contributed by atoms with E-state index in [0.29, 0.717) is 36.2 Å². The minimum absolute atomic E-state index is 0.0000200. The van der Waals surface area contributed by atoms with Crippen LogP contribution in [0.3, 0.4) is 0 Å². The maximum Gasteiger partial charge on any atom is 0.407 e. The first-order valence-corrected chi connectivity index (χ1v) is 18.8. The number of aliphatic hydroxyl groups is 1. The smallest absolute Gasteiger partial charge is 0.407 e. The van der Waals surface area contributed by atoms with Gasteiger partial charge >= 0.3 is 6.09 Å². The van der Waals surface area contributed by atoms with Crippen molar-refractivity contribution >= 4 is 33.4 Å². The molecule has 50 heavy (non-hydrogen) atoms. The number of benzene rings is 2. The zero-order chi connectivity index (χ0) is 36.1. The summed E-state index contributed by atoms with van der Waals surface area (Å²) in [6.07, 6.45) is -1.39. The number of aliphatic hydroxyl groups excluding tert-OH is 1. The Labute approximate surface area is 300 Å². The lowest BCUT2D eigenvalue weighted by molar-refractivity contribution is -0.0907. The lowest BCUT2D eigenvalue weighted by Crippen LogP contribution is -2.52. The van der Waals surface area contributed by atoms with E-state index >= 15 is 0 Å². The first-order chi connectivity index (χ1) is 23.6. The monoisotopic (exact) mass is 734 g/mol. The number of hydrogen-bond donors (Lipinski definition) is 4. The molecule has 13 nitrogen and oxygen atoms in total. The predicted octanol–water partition coefficient (Wildman–Crippen LogP) is 3.54. The summed E-state index contributed by atoms with van der Waals surface area (Å²) in [5, 5.41) is 21.6. The highest BCUT2D eigenvalue weighted by atomic mass is 32.2. The van der Waals surface area contributed by atoms with E-state index in [1.807, 2.05) is 65.0 Å². The lowest BCUT2D eigenvalue weighted by atomic mass is 9.89. The molecule has 4 N–H and O–H groups in total. The Morgan fingerprint density at radius 2 is 1.82 bits per heavy atom. The second kappa shape index (κ2) is 16.0. The molecular formula is C35H50N4O9S2. The molecule has 3 aliphatic rings. The van der Waals surface area contributed by atoms with E-state index in [0.717, 1.165) is 12.0 Å². The van der Waals surface area contributed by atoms with Gasteiger partial charge in [0.05, 0.1) is 36.2 Å². The fraction of sp³-hybridized carbons (Fsp3) is 0.600. The zero-order valence-corrected chi connectivity index (χ0v) is 31.0. The molecule has 2 aromatic carbocycles. The van der Waals surface area contributed by atoms with Crippen LogP contribution in [0.4, 0.5) is 4.79 Å². The fourth-order valence-corrected chi connectivity index (χ4v) is 8.32. The quantitative estimate of drug-likeness (QED) is 0.210. The van der Waals surface area contributed by atoms with E-state index < -0.39 is 46.1 Å². The van der Waals surface area contributed by atoms with Crippen molar-refractivity contribution in [1.82, 2.24) is 20.3 Å². The molecule has 276 valence electrons. The minimum Gasteiger partial charge on any atom is -0.454 e. The number of hydrogen-bond acceptors (Lipinski definition) is 10. The molecule has 15 heteroatoms. The van der Waals surface area contributed by atoms with E-state index in [1.54, 1.807) is 6.07 Å². The van der Waals surface area contributed by atoms with Gasteiger partial charge in [0, 0.05) is 31.2 Å². The highest BCUT2D eigenvalue weighted by Crippen LogP contribution is 2.36. The first-order valence-electron chi connectivity index (χ1n) is 17.0. The summed E-state index contributed by atoms with van der Waals surface area (Å²) in [4.78, 5) is 13.3. The number of carbonyl (C=O) groups is 1. The van der Waals surface area contributed by atoms with E-state index in [4.69, 9.17) is 35.9 Å². The van der Waals surface area contributed by atoms with Gasteiger partial charge in [-0.05, 0) is 75.4 Å². The van der Waals surface area contributed by atoms with Crippen LogP contribution in [-0.2, 0) is 30.7 Å². The van der Waals surface area contributed by atoms with Crippen LogP contribution in [0.2, 0.25) is 0 Å². The van der Waals surface area contributed by atoms with Crippen molar-refractivity contribution in [3.8, 4) is 11.5 Å². The number of carbonyl (C=O) groups excluding carboxylic acids is 1. The summed E-state index contributed by atoms with van der Waals surface area (Å²) in [5.74, 6) is 0.721. The fourth-order valence-electron chi connectivity index (χ4n) is 6.25. The van der Waals surface area contributed by atoms with Crippen molar-refractivity contribution in [2.75, 3.05) is 39.6 Å². The van der Waals surface area contributed by atoms with Gasteiger partial charge in [-0.1, -0.05) is 44.2 Å². The highest BCUT2D eigenvalue weighted by Gasteiger charge is 2.44. The van der Waals surface area contributed by atoms with Crippen LogP contribution >= 0.6 is 12.2 Å². The Bertz CT molecular complexity index is 1590. The number of rotatable bonds is 14. The molecule has 3 heterocycles. The van der Waals surface area contributed by atoms with Crippen LogP contribution in [0.5, 0.6) is 11.5 Å². The Morgan fingerprint density at radius 3 is 2.56 bits per heavy atom. The van der Waals surface area contributed by atoms with Crippen molar-refractivity contribution < 1.29 is 42.0 Å². The summed E-state index contributed by atoms with van der Waals surface area (Å²) in [5.41, 5.74) is 0.0823. The van der Waals surface area contributed by atoms with Crippen molar-refractivity contribution in [3.63, 3.8) is 0 Å².